The van der Waals surface area contributed by atoms with Gasteiger partial charge in [-0.15, -0.1) is 0 Å². The number of carbonyl (C=O) groups excluding carboxylic acids is 1. The minimum absolute atomic E-state index is 0.0870. The van der Waals surface area contributed by atoms with Gasteiger partial charge < -0.3 is 14.4 Å². The Morgan fingerprint density at radius 2 is 1.71 bits per heavy atom. The van der Waals surface area contributed by atoms with E-state index in [4.69, 9.17) is 9.47 Å². The summed E-state index contributed by atoms with van der Waals surface area (Å²) in [6.45, 7) is 1.23. The van der Waals surface area contributed by atoms with Crippen LogP contribution in [0.4, 0.5) is 0 Å². The standard InChI is InChI=1S/C23H22N2O3/c26-23(22-17-27-20-11-4-5-12-21(20)28-22)25(16-19-10-6-7-14-24-19)15-13-18-8-2-1-3-9-18/h1-12,14,22H,13,15-17H2. The predicted octanol–water partition coefficient (Wildman–Crippen LogP) is 3.49. The van der Waals surface area contributed by atoms with Gasteiger partial charge >= 0.3 is 0 Å². The van der Waals surface area contributed by atoms with Gasteiger partial charge in [-0.05, 0) is 36.2 Å². The van der Waals surface area contributed by atoms with Crippen LogP contribution in [0, 0.1) is 0 Å². The van der Waals surface area contributed by atoms with Crippen LogP contribution >= 0.6 is 0 Å². The Labute approximate surface area is 164 Å². The summed E-state index contributed by atoms with van der Waals surface area (Å²) >= 11 is 0. The van der Waals surface area contributed by atoms with Gasteiger partial charge in [0.1, 0.15) is 6.61 Å². The lowest BCUT2D eigenvalue weighted by atomic mass is 10.1. The Morgan fingerprint density at radius 1 is 0.964 bits per heavy atom. The van der Waals surface area contributed by atoms with Gasteiger partial charge in [-0.2, -0.15) is 0 Å². The number of hydrogen-bond donors (Lipinski definition) is 0. The fourth-order valence-electron chi connectivity index (χ4n) is 3.21. The fourth-order valence-corrected chi connectivity index (χ4v) is 3.21. The van der Waals surface area contributed by atoms with Crippen LogP contribution in [0.5, 0.6) is 11.5 Å². The topological polar surface area (TPSA) is 51.7 Å². The highest BCUT2D eigenvalue weighted by molar-refractivity contribution is 5.82. The van der Waals surface area contributed by atoms with Gasteiger partial charge in [0.15, 0.2) is 11.5 Å². The molecule has 28 heavy (non-hydrogen) atoms. The van der Waals surface area contributed by atoms with Crippen LogP contribution in [0.15, 0.2) is 79.0 Å². The summed E-state index contributed by atoms with van der Waals surface area (Å²) in [4.78, 5) is 19.4. The maximum Gasteiger partial charge on any atom is 0.267 e. The third-order valence-electron chi connectivity index (χ3n) is 4.69. The van der Waals surface area contributed by atoms with Gasteiger partial charge in [-0.1, -0.05) is 48.5 Å². The molecule has 0 bridgehead atoms. The molecule has 1 aliphatic heterocycles. The van der Waals surface area contributed by atoms with Gasteiger partial charge in [0.05, 0.1) is 12.2 Å². The minimum atomic E-state index is -0.658. The molecule has 0 N–H and O–H groups in total. The van der Waals surface area contributed by atoms with E-state index in [1.165, 1.54) is 5.56 Å². The van der Waals surface area contributed by atoms with E-state index in [2.05, 4.69) is 17.1 Å². The van der Waals surface area contributed by atoms with Gasteiger partial charge in [0.25, 0.3) is 5.91 Å². The molecule has 0 radical (unpaired) electrons. The third-order valence-corrected chi connectivity index (χ3v) is 4.69. The Kier molecular flexibility index (Phi) is 5.52. The van der Waals surface area contributed by atoms with E-state index in [1.54, 1.807) is 11.1 Å². The van der Waals surface area contributed by atoms with Crippen molar-refractivity contribution in [3.63, 3.8) is 0 Å². The van der Waals surface area contributed by atoms with Gasteiger partial charge in [-0.25, -0.2) is 0 Å². The number of fused-ring (bicyclic) bond motifs is 1. The van der Waals surface area contributed by atoms with E-state index in [1.807, 2.05) is 60.7 Å². The van der Waals surface area contributed by atoms with Crippen LogP contribution in [-0.2, 0) is 17.8 Å². The number of amides is 1. The van der Waals surface area contributed by atoms with Crippen LogP contribution in [0.2, 0.25) is 0 Å². The van der Waals surface area contributed by atoms with E-state index in [0.717, 1.165) is 12.1 Å². The molecule has 5 heteroatoms. The molecule has 5 nitrogen and oxygen atoms in total. The molecule has 142 valence electrons. The molecule has 0 saturated carbocycles. The monoisotopic (exact) mass is 374 g/mol. The highest BCUT2D eigenvalue weighted by Gasteiger charge is 2.31. The lowest BCUT2D eigenvalue weighted by Gasteiger charge is -2.30. The smallest absolute Gasteiger partial charge is 0.267 e. The van der Waals surface area contributed by atoms with Crippen LogP contribution in [0.3, 0.4) is 0 Å². The van der Waals surface area contributed by atoms with Crippen molar-refractivity contribution < 1.29 is 14.3 Å². The van der Waals surface area contributed by atoms with Gasteiger partial charge in [0.2, 0.25) is 6.10 Å². The molecule has 0 spiro atoms. The summed E-state index contributed by atoms with van der Waals surface area (Å²) in [5.41, 5.74) is 2.04. The summed E-state index contributed by atoms with van der Waals surface area (Å²) in [7, 11) is 0. The lowest BCUT2D eigenvalue weighted by Crippen LogP contribution is -2.46. The van der Waals surface area contributed by atoms with Crippen molar-refractivity contribution in [1.29, 1.82) is 0 Å². The zero-order valence-electron chi connectivity index (χ0n) is 15.5. The van der Waals surface area contributed by atoms with Crippen LogP contribution in [-0.4, -0.2) is 35.0 Å². The first kappa shape index (κ1) is 18.0. The average Bonchev–Trinajstić information content (AvgIpc) is 2.77. The Bertz CT molecular complexity index is 915. The van der Waals surface area contributed by atoms with Crippen molar-refractivity contribution in [2.24, 2.45) is 0 Å². The molecule has 2 aromatic carbocycles. The number of benzene rings is 2. The molecule has 1 atom stereocenters. The summed E-state index contributed by atoms with van der Waals surface area (Å²) in [6, 6.07) is 23.3. The largest absolute Gasteiger partial charge is 0.485 e. The second kappa shape index (κ2) is 8.57. The lowest BCUT2D eigenvalue weighted by molar-refractivity contribution is -0.141. The Morgan fingerprint density at radius 3 is 2.50 bits per heavy atom. The van der Waals surface area contributed by atoms with Crippen LogP contribution in [0.1, 0.15) is 11.3 Å². The molecule has 3 aromatic rings. The molecular formula is C23H22N2O3. The first-order valence-corrected chi connectivity index (χ1v) is 9.41. The quantitative estimate of drug-likeness (QED) is 0.663. The number of carbonyl (C=O) groups is 1. The number of pyridine rings is 1. The third kappa shape index (κ3) is 4.31. The summed E-state index contributed by atoms with van der Waals surface area (Å²) in [5.74, 6) is 1.19. The van der Waals surface area contributed by atoms with E-state index in [-0.39, 0.29) is 12.5 Å². The zero-order valence-corrected chi connectivity index (χ0v) is 15.5. The van der Waals surface area contributed by atoms with E-state index in [0.29, 0.717) is 24.6 Å². The summed E-state index contributed by atoms with van der Waals surface area (Å²) in [6.07, 6.45) is 1.85. The molecule has 2 heterocycles. The molecule has 1 unspecified atom stereocenters. The fraction of sp³-hybridized carbons (Fsp3) is 0.217. The number of nitrogens with zero attached hydrogens (tertiary/aromatic N) is 2. The second-order valence-corrected chi connectivity index (χ2v) is 6.68. The van der Waals surface area contributed by atoms with E-state index < -0.39 is 6.10 Å². The predicted molar refractivity (Wildman–Crippen MR) is 106 cm³/mol. The van der Waals surface area contributed by atoms with Gasteiger partial charge in [0, 0.05) is 12.7 Å². The van der Waals surface area contributed by atoms with Crippen molar-refractivity contribution in [2.45, 2.75) is 19.1 Å². The molecule has 1 aromatic heterocycles. The maximum absolute atomic E-state index is 13.2. The number of ether oxygens (including phenoxy) is 2. The van der Waals surface area contributed by atoms with Crippen molar-refractivity contribution in [3.05, 3.63) is 90.3 Å². The van der Waals surface area contributed by atoms with Crippen molar-refractivity contribution in [1.82, 2.24) is 9.88 Å². The molecule has 1 aliphatic rings. The van der Waals surface area contributed by atoms with Crippen LogP contribution < -0.4 is 9.47 Å². The first-order valence-electron chi connectivity index (χ1n) is 9.41. The highest BCUT2D eigenvalue weighted by Crippen LogP contribution is 2.31. The number of para-hydroxylation sites is 2. The summed E-state index contributed by atoms with van der Waals surface area (Å²) < 4.78 is 11.7. The number of rotatable bonds is 6. The summed E-state index contributed by atoms with van der Waals surface area (Å²) in [5, 5.41) is 0. The SMILES string of the molecule is O=C(C1COc2ccccc2O1)N(CCc1ccccc1)Cc1ccccn1. The number of aromatic nitrogens is 1. The highest BCUT2D eigenvalue weighted by atomic mass is 16.6. The Balaban J connectivity index is 1.49. The van der Waals surface area contributed by atoms with E-state index in [9.17, 15) is 4.79 Å². The molecule has 4 rings (SSSR count). The zero-order chi connectivity index (χ0) is 19.2. The molecule has 0 saturated heterocycles. The van der Waals surface area contributed by atoms with Crippen molar-refractivity contribution >= 4 is 5.91 Å². The minimum Gasteiger partial charge on any atom is -0.485 e. The van der Waals surface area contributed by atoms with Crippen LogP contribution in [0.25, 0.3) is 0 Å². The number of hydrogen-bond acceptors (Lipinski definition) is 4. The second-order valence-electron chi connectivity index (χ2n) is 6.68. The molecule has 0 aliphatic carbocycles. The maximum atomic E-state index is 13.2. The normalized spacial score (nSPS) is 15.1. The first-order chi connectivity index (χ1) is 13.8. The average molecular weight is 374 g/mol. The Hall–Kier alpha value is -3.34. The molecular weight excluding hydrogens is 352 g/mol. The molecule has 1 amide bonds. The van der Waals surface area contributed by atoms with Gasteiger partial charge in [-0.3, -0.25) is 9.78 Å². The van der Waals surface area contributed by atoms with Crippen molar-refractivity contribution in [2.75, 3.05) is 13.2 Å². The molecule has 0 fully saturated rings. The van der Waals surface area contributed by atoms with E-state index >= 15 is 0 Å². The van der Waals surface area contributed by atoms with Crippen molar-refractivity contribution in [3.8, 4) is 11.5 Å².